The first-order valence-corrected chi connectivity index (χ1v) is 9.38. The highest BCUT2D eigenvalue weighted by Gasteiger charge is 2.13. The van der Waals surface area contributed by atoms with Gasteiger partial charge < -0.3 is 14.4 Å². The number of fused-ring (bicyclic) bond motifs is 1. The maximum Gasteiger partial charge on any atom is 0.254 e. The molecule has 0 aliphatic rings. The topological polar surface area (TPSA) is 58.0 Å². The lowest BCUT2D eigenvalue weighted by atomic mass is 10.2. The molecule has 3 aromatic rings. The van der Waals surface area contributed by atoms with Gasteiger partial charge in [-0.3, -0.25) is 4.40 Å². The highest BCUT2D eigenvalue weighted by atomic mass is 32.1. The molecule has 0 aliphatic carbocycles. The summed E-state index contributed by atoms with van der Waals surface area (Å²) in [5, 5.41) is 4.59. The van der Waals surface area contributed by atoms with Gasteiger partial charge in [0, 0.05) is 17.0 Å². The number of ether oxygens (including phenoxy) is 2. The van der Waals surface area contributed by atoms with Crippen LogP contribution in [0.15, 0.2) is 24.3 Å². The summed E-state index contributed by atoms with van der Waals surface area (Å²) in [6, 6.07) is 8.05. The SMILES string of the molecule is CCOc1ccc(C[NH+](C)Cn2nc3nc(C)cc(C)n3c2=S)cc1OC. The van der Waals surface area contributed by atoms with Crippen LogP contribution < -0.4 is 14.4 Å². The van der Waals surface area contributed by atoms with Crippen LogP contribution in [0.3, 0.4) is 0 Å². The number of nitrogens with one attached hydrogen (secondary N) is 1. The van der Waals surface area contributed by atoms with Crippen molar-refractivity contribution < 1.29 is 14.4 Å². The number of hydrogen-bond donors (Lipinski definition) is 1. The monoisotopic (exact) mass is 388 g/mol. The molecule has 1 atom stereocenters. The molecule has 2 heterocycles. The van der Waals surface area contributed by atoms with Crippen LogP contribution >= 0.6 is 12.2 Å². The van der Waals surface area contributed by atoms with E-state index in [1.807, 2.05) is 48.1 Å². The zero-order chi connectivity index (χ0) is 19.6. The van der Waals surface area contributed by atoms with Crippen molar-refractivity contribution in [2.45, 2.75) is 34.0 Å². The molecule has 1 N–H and O–H groups in total. The van der Waals surface area contributed by atoms with E-state index in [-0.39, 0.29) is 0 Å². The minimum absolute atomic E-state index is 0.611. The molecule has 0 amide bonds. The molecule has 3 rings (SSSR count). The van der Waals surface area contributed by atoms with Gasteiger partial charge in [0.1, 0.15) is 6.54 Å². The van der Waals surface area contributed by atoms with Crippen LogP contribution in [0.1, 0.15) is 23.9 Å². The zero-order valence-electron chi connectivity index (χ0n) is 16.4. The molecule has 1 unspecified atom stereocenters. The first-order chi connectivity index (χ1) is 12.9. The molecule has 8 heteroatoms. The summed E-state index contributed by atoms with van der Waals surface area (Å²) in [4.78, 5) is 5.73. The number of rotatable bonds is 7. The van der Waals surface area contributed by atoms with E-state index in [1.165, 1.54) is 4.90 Å². The van der Waals surface area contributed by atoms with E-state index < -0.39 is 0 Å². The normalized spacial score (nSPS) is 12.3. The molecule has 0 fully saturated rings. The Kier molecular flexibility index (Phi) is 5.76. The highest BCUT2D eigenvalue weighted by molar-refractivity contribution is 7.71. The van der Waals surface area contributed by atoms with Crippen LogP contribution in [0.25, 0.3) is 5.78 Å². The Labute approximate surface area is 164 Å². The standard InChI is InChI=1S/C19H25N5O2S/c1-6-26-16-8-7-15(10-17(16)25-5)11-22(4)12-23-19(27)24-14(3)9-13(2)20-18(24)21-23/h7-10H,6,11-12H2,1-5H3/p+1. The van der Waals surface area contributed by atoms with E-state index >= 15 is 0 Å². The lowest BCUT2D eigenvalue weighted by Crippen LogP contribution is -3.07. The van der Waals surface area contributed by atoms with Crippen molar-refractivity contribution in [1.82, 2.24) is 19.2 Å². The number of hydrogen-bond acceptors (Lipinski definition) is 5. The first-order valence-electron chi connectivity index (χ1n) is 8.97. The zero-order valence-corrected chi connectivity index (χ0v) is 17.3. The van der Waals surface area contributed by atoms with E-state index in [0.29, 0.717) is 23.8 Å². The second-order valence-electron chi connectivity index (χ2n) is 6.67. The van der Waals surface area contributed by atoms with E-state index in [2.05, 4.69) is 23.2 Å². The minimum atomic E-state index is 0.611. The predicted molar refractivity (Wildman–Crippen MR) is 106 cm³/mol. The third kappa shape index (κ3) is 4.12. The third-order valence-electron chi connectivity index (χ3n) is 4.32. The molecule has 144 valence electrons. The lowest BCUT2D eigenvalue weighted by molar-refractivity contribution is -0.917. The fourth-order valence-corrected chi connectivity index (χ4v) is 3.53. The second-order valence-corrected chi connectivity index (χ2v) is 7.03. The summed E-state index contributed by atoms with van der Waals surface area (Å²) < 4.78 is 15.4. The van der Waals surface area contributed by atoms with Crippen LogP contribution in [-0.4, -0.2) is 39.9 Å². The van der Waals surface area contributed by atoms with E-state index in [1.54, 1.807) is 7.11 Å². The maximum absolute atomic E-state index is 5.60. The predicted octanol–water partition coefficient (Wildman–Crippen LogP) is 1.96. The number of quaternary nitrogens is 1. The van der Waals surface area contributed by atoms with Gasteiger partial charge in [0.05, 0.1) is 20.8 Å². The smallest absolute Gasteiger partial charge is 0.254 e. The summed E-state index contributed by atoms with van der Waals surface area (Å²) in [6.45, 7) is 8.01. The number of aryl methyl sites for hydroxylation is 2. The lowest BCUT2D eigenvalue weighted by Gasteiger charge is -2.15. The summed E-state index contributed by atoms with van der Waals surface area (Å²) in [7, 11) is 3.77. The Morgan fingerprint density at radius 2 is 1.96 bits per heavy atom. The summed E-state index contributed by atoms with van der Waals surface area (Å²) in [5.41, 5.74) is 3.14. The van der Waals surface area contributed by atoms with E-state index in [4.69, 9.17) is 21.7 Å². The van der Waals surface area contributed by atoms with Gasteiger partial charge in [0.2, 0.25) is 4.77 Å². The van der Waals surface area contributed by atoms with Crippen molar-refractivity contribution in [3.8, 4) is 11.5 Å². The van der Waals surface area contributed by atoms with Crippen molar-refractivity contribution in [2.75, 3.05) is 20.8 Å². The second kappa shape index (κ2) is 8.06. The quantitative estimate of drug-likeness (QED) is 0.627. The minimum Gasteiger partial charge on any atom is -0.493 e. The Hall–Kier alpha value is -2.45. The molecule has 27 heavy (non-hydrogen) atoms. The molecule has 0 saturated carbocycles. The number of methoxy groups -OCH3 is 1. The molecule has 1 aromatic carbocycles. The van der Waals surface area contributed by atoms with Crippen LogP contribution in [0.2, 0.25) is 0 Å². The molecule has 2 aromatic heterocycles. The van der Waals surface area contributed by atoms with Gasteiger partial charge in [-0.05, 0) is 57.3 Å². The Bertz CT molecular complexity index is 1010. The van der Waals surface area contributed by atoms with Crippen molar-refractivity contribution in [3.63, 3.8) is 0 Å². The van der Waals surface area contributed by atoms with Gasteiger partial charge in [0.25, 0.3) is 5.78 Å². The van der Waals surface area contributed by atoms with Crippen molar-refractivity contribution in [3.05, 3.63) is 46.0 Å². The van der Waals surface area contributed by atoms with E-state index in [0.717, 1.165) is 35.0 Å². The maximum atomic E-state index is 5.60. The Morgan fingerprint density at radius 3 is 2.67 bits per heavy atom. The average Bonchev–Trinajstić information content (AvgIpc) is 2.91. The third-order valence-corrected chi connectivity index (χ3v) is 4.72. The van der Waals surface area contributed by atoms with Gasteiger partial charge in [-0.1, -0.05) is 0 Å². The summed E-state index contributed by atoms with van der Waals surface area (Å²) in [5.74, 6) is 2.16. The first kappa shape index (κ1) is 19.3. The molecular formula is C19H26N5O2S+. The van der Waals surface area contributed by atoms with Crippen molar-refractivity contribution in [1.29, 1.82) is 0 Å². The van der Waals surface area contributed by atoms with Gasteiger partial charge in [-0.2, -0.15) is 4.68 Å². The molecule has 0 radical (unpaired) electrons. The fraction of sp³-hybridized carbons (Fsp3) is 0.421. The van der Waals surface area contributed by atoms with Gasteiger partial charge in [0.15, 0.2) is 18.2 Å². The van der Waals surface area contributed by atoms with Crippen molar-refractivity contribution >= 4 is 18.0 Å². The van der Waals surface area contributed by atoms with Crippen molar-refractivity contribution in [2.24, 2.45) is 0 Å². The number of aromatic nitrogens is 4. The van der Waals surface area contributed by atoms with Gasteiger partial charge in [-0.25, -0.2) is 4.98 Å². The highest BCUT2D eigenvalue weighted by Crippen LogP contribution is 2.27. The number of nitrogens with zero attached hydrogens (tertiary/aromatic N) is 4. The molecule has 0 bridgehead atoms. The Morgan fingerprint density at radius 1 is 1.19 bits per heavy atom. The molecule has 7 nitrogen and oxygen atoms in total. The van der Waals surface area contributed by atoms with Crippen LogP contribution in [-0.2, 0) is 13.2 Å². The van der Waals surface area contributed by atoms with E-state index in [9.17, 15) is 0 Å². The van der Waals surface area contributed by atoms with Crippen LogP contribution in [0, 0.1) is 18.6 Å². The average molecular weight is 389 g/mol. The number of benzene rings is 1. The summed E-state index contributed by atoms with van der Waals surface area (Å²) >= 11 is 5.60. The molecule has 0 spiro atoms. The van der Waals surface area contributed by atoms with Crippen LogP contribution in [0.4, 0.5) is 0 Å². The molecular weight excluding hydrogens is 362 g/mol. The summed E-state index contributed by atoms with van der Waals surface area (Å²) in [6.07, 6.45) is 0. The largest absolute Gasteiger partial charge is 0.493 e. The molecule has 0 saturated heterocycles. The fourth-order valence-electron chi connectivity index (χ4n) is 3.19. The Balaban J connectivity index is 1.79. The van der Waals surface area contributed by atoms with Gasteiger partial charge in [-0.15, -0.1) is 5.10 Å². The van der Waals surface area contributed by atoms with Crippen LogP contribution in [0.5, 0.6) is 11.5 Å². The van der Waals surface area contributed by atoms with Gasteiger partial charge >= 0.3 is 0 Å². The molecule has 0 aliphatic heterocycles.